The Kier molecular flexibility index (Phi) is 5.39. The van der Waals surface area contributed by atoms with Gasteiger partial charge in [-0.1, -0.05) is 42.2 Å². The van der Waals surface area contributed by atoms with Gasteiger partial charge in [0.1, 0.15) is 12.4 Å². The van der Waals surface area contributed by atoms with E-state index in [0.717, 1.165) is 0 Å². The summed E-state index contributed by atoms with van der Waals surface area (Å²) in [5.41, 5.74) is 1.25. The van der Waals surface area contributed by atoms with Gasteiger partial charge in [0.05, 0.1) is 5.69 Å². The Morgan fingerprint density at radius 1 is 1.10 bits per heavy atom. The lowest BCUT2D eigenvalue weighted by molar-refractivity contribution is -0.118. The Hall–Kier alpha value is -2.77. The van der Waals surface area contributed by atoms with Crippen LogP contribution in [0.2, 0.25) is 0 Å². The molecule has 0 saturated carbocycles. The third kappa shape index (κ3) is 4.68. The Bertz CT molecular complexity index is 656. The van der Waals surface area contributed by atoms with Gasteiger partial charge in [-0.05, 0) is 24.3 Å². The minimum atomic E-state index is -0.267. The number of carbonyl (C=O) groups excluding carboxylic acids is 1. The predicted molar refractivity (Wildman–Crippen MR) is 81.0 cm³/mol. The number of ether oxygens (including phenoxy) is 1. The van der Waals surface area contributed by atoms with E-state index in [9.17, 15) is 4.79 Å². The number of benzene rings is 2. The summed E-state index contributed by atoms with van der Waals surface area (Å²) in [6.07, 6.45) is 0. The van der Waals surface area contributed by atoms with E-state index in [0.29, 0.717) is 17.0 Å². The molecule has 21 heavy (non-hydrogen) atoms. The van der Waals surface area contributed by atoms with Crippen molar-refractivity contribution in [2.75, 3.05) is 18.5 Å². The third-order valence-corrected chi connectivity index (χ3v) is 2.62. The van der Waals surface area contributed by atoms with Crippen molar-refractivity contribution in [3.05, 3.63) is 60.2 Å². The van der Waals surface area contributed by atoms with Crippen molar-refractivity contribution in [1.82, 2.24) is 0 Å². The zero-order valence-electron chi connectivity index (χ0n) is 11.4. The first-order valence-electron chi connectivity index (χ1n) is 6.46. The first-order valence-corrected chi connectivity index (χ1v) is 6.46. The highest BCUT2D eigenvalue weighted by atomic mass is 16.5. The van der Waals surface area contributed by atoms with Gasteiger partial charge in [-0.25, -0.2) is 0 Å². The van der Waals surface area contributed by atoms with Gasteiger partial charge in [0.15, 0.2) is 6.61 Å². The summed E-state index contributed by atoms with van der Waals surface area (Å²) in [6, 6.07) is 16.3. The minimum absolute atomic E-state index is 0.0776. The molecule has 2 aromatic rings. The van der Waals surface area contributed by atoms with Crippen LogP contribution in [-0.4, -0.2) is 24.2 Å². The van der Waals surface area contributed by atoms with Gasteiger partial charge in [0.25, 0.3) is 5.91 Å². The molecule has 0 bridgehead atoms. The standard InChI is InChI=1S/C17H15NO3/c19-12-6-8-14-7-4-5-11-16(14)18-17(20)13-21-15-9-2-1-3-10-15/h1-5,7,9-11,19H,12-13H2,(H,18,20). The van der Waals surface area contributed by atoms with Gasteiger partial charge in [0.2, 0.25) is 0 Å². The van der Waals surface area contributed by atoms with E-state index in [1.165, 1.54) is 0 Å². The molecular formula is C17H15NO3. The molecule has 106 valence electrons. The topological polar surface area (TPSA) is 58.6 Å². The summed E-state index contributed by atoms with van der Waals surface area (Å²) >= 11 is 0. The maximum absolute atomic E-state index is 11.9. The van der Waals surface area contributed by atoms with E-state index < -0.39 is 0 Å². The van der Waals surface area contributed by atoms with Gasteiger partial charge in [-0.3, -0.25) is 4.79 Å². The number of amides is 1. The predicted octanol–water partition coefficient (Wildman–Crippen LogP) is 2.05. The number of carbonyl (C=O) groups is 1. The van der Waals surface area contributed by atoms with Crippen molar-refractivity contribution >= 4 is 11.6 Å². The van der Waals surface area contributed by atoms with Crippen molar-refractivity contribution in [1.29, 1.82) is 0 Å². The van der Waals surface area contributed by atoms with Gasteiger partial charge in [-0.2, -0.15) is 0 Å². The van der Waals surface area contributed by atoms with Crippen LogP contribution < -0.4 is 10.1 Å². The number of rotatable bonds is 4. The van der Waals surface area contributed by atoms with Crippen LogP contribution in [-0.2, 0) is 4.79 Å². The molecule has 2 aromatic carbocycles. The average Bonchev–Trinajstić information content (AvgIpc) is 2.53. The van der Waals surface area contributed by atoms with Crippen LogP contribution in [0.4, 0.5) is 5.69 Å². The fourth-order valence-corrected chi connectivity index (χ4v) is 1.69. The second kappa shape index (κ2) is 7.73. The molecule has 0 heterocycles. The second-order valence-corrected chi connectivity index (χ2v) is 4.16. The number of hydrogen-bond donors (Lipinski definition) is 2. The maximum atomic E-state index is 11.9. The summed E-state index contributed by atoms with van der Waals surface area (Å²) in [6.45, 7) is -0.300. The van der Waals surface area contributed by atoms with Crippen molar-refractivity contribution in [2.45, 2.75) is 0 Å². The molecule has 0 aromatic heterocycles. The number of para-hydroxylation sites is 2. The number of anilines is 1. The summed E-state index contributed by atoms with van der Waals surface area (Å²) < 4.78 is 5.37. The number of hydrogen-bond acceptors (Lipinski definition) is 3. The molecule has 0 aliphatic heterocycles. The molecule has 4 nitrogen and oxygen atoms in total. The fourth-order valence-electron chi connectivity index (χ4n) is 1.69. The molecule has 0 fully saturated rings. The van der Waals surface area contributed by atoms with E-state index in [1.54, 1.807) is 30.3 Å². The lowest BCUT2D eigenvalue weighted by Gasteiger charge is -2.08. The second-order valence-electron chi connectivity index (χ2n) is 4.16. The quantitative estimate of drug-likeness (QED) is 0.843. The maximum Gasteiger partial charge on any atom is 0.262 e. The Morgan fingerprint density at radius 2 is 1.81 bits per heavy atom. The summed E-state index contributed by atoms with van der Waals surface area (Å²) in [5, 5.41) is 11.5. The molecule has 0 spiro atoms. The van der Waals surface area contributed by atoms with Gasteiger partial charge in [-0.15, -0.1) is 0 Å². The van der Waals surface area contributed by atoms with Crippen LogP contribution in [0.1, 0.15) is 5.56 Å². The van der Waals surface area contributed by atoms with Crippen molar-refractivity contribution in [3.8, 4) is 17.6 Å². The molecule has 1 amide bonds. The highest BCUT2D eigenvalue weighted by Crippen LogP contribution is 2.14. The van der Waals surface area contributed by atoms with E-state index in [4.69, 9.17) is 9.84 Å². The molecule has 2 rings (SSSR count). The van der Waals surface area contributed by atoms with Crippen LogP contribution in [0.15, 0.2) is 54.6 Å². The monoisotopic (exact) mass is 281 g/mol. The highest BCUT2D eigenvalue weighted by molar-refractivity contribution is 5.93. The molecule has 0 atom stereocenters. The molecule has 2 N–H and O–H groups in total. The first kappa shape index (κ1) is 14.6. The van der Waals surface area contributed by atoms with Crippen LogP contribution in [0.25, 0.3) is 0 Å². The van der Waals surface area contributed by atoms with Crippen LogP contribution in [0.3, 0.4) is 0 Å². The summed E-state index contributed by atoms with van der Waals surface area (Å²) in [7, 11) is 0. The van der Waals surface area contributed by atoms with Crippen molar-refractivity contribution < 1.29 is 14.6 Å². The SMILES string of the molecule is O=C(COc1ccccc1)Nc1ccccc1C#CCO. The molecule has 4 heteroatoms. The zero-order valence-corrected chi connectivity index (χ0v) is 11.4. The van der Waals surface area contributed by atoms with Crippen molar-refractivity contribution in [3.63, 3.8) is 0 Å². The molecule has 0 aliphatic rings. The van der Waals surface area contributed by atoms with E-state index >= 15 is 0 Å². The van der Waals surface area contributed by atoms with E-state index in [1.807, 2.05) is 24.3 Å². The first-order chi connectivity index (χ1) is 10.3. The Labute approximate surface area is 123 Å². The molecular weight excluding hydrogens is 266 g/mol. The largest absolute Gasteiger partial charge is 0.484 e. The fraction of sp³-hybridized carbons (Fsp3) is 0.118. The number of nitrogens with one attached hydrogen (secondary N) is 1. The van der Waals surface area contributed by atoms with E-state index in [-0.39, 0.29) is 19.1 Å². The Balaban J connectivity index is 1.97. The van der Waals surface area contributed by atoms with Crippen LogP contribution in [0, 0.1) is 11.8 Å². The average molecular weight is 281 g/mol. The normalized spacial score (nSPS) is 9.38. The van der Waals surface area contributed by atoms with Gasteiger partial charge >= 0.3 is 0 Å². The molecule has 0 saturated heterocycles. The van der Waals surface area contributed by atoms with Crippen LogP contribution in [0.5, 0.6) is 5.75 Å². The molecule has 0 unspecified atom stereocenters. The zero-order chi connectivity index (χ0) is 14.9. The van der Waals surface area contributed by atoms with Gasteiger partial charge < -0.3 is 15.2 Å². The third-order valence-electron chi connectivity index (χ3n) is 2.62. The lowest BCUT2D eigenvalue weighted by Crippen LogP contribution is -2.20. The number of aliphatic hydroxyl groups excluding tert-OH is 1. The van der Waals surface area contributed by atoms with Crippen molar-refractivity contribution in [2.24, 2.45) is 0 Å². The number of aliphatic hydroxyl groups is 1. The Morgan fingerprint density at radius 3 is 2.57 bits per heavy atom. The van der Waals surface area contributed by atoms with Crippen LogP contribution >= 0.6 is 0 Å². The smallest absolute Gasteiger partial charge is 0.262 e. The molecule has 0 radical (unpaired) electrons. The highest BCUT2D eigenvalue weighted by Gasteiger charge is 2.06. The summed E-state index contributed by atoms with van der Waals surface area (Å²) in [4.78, 5) is 11.9. The molecule has 0 aliphatic carbocycles. The van der Waals surface area contributed by atoms with Gasteiger partial charge in [0, 0.05) is 5.56 Å². The van der Waals surface area contributed by atoms with E-state index in [2.05, 4.69) is 17.2 Å². The summed E-state index contributed by atoms with van der Waals surface area (Å²) in [5.74, 6) is 5.72. The minimum Gasteiger partial charge on any atom is -0.484 e. The lowest BCUT2D eigenvalue weighted by atomic mass is 10.2.